The van der Waals surface area contributed by atoms with E-state index in [4.69, 9.17) is 4.74 Å². The third-order valence-electron chi connectivity index (χ3n) is 6.17. The Morgan fingerprint density at radius 1 is 1.21 bits per heavy atom. The fraction of sp³-hybridized carbons (Fsp3) is 0.600. The van der Waals surface area contributed by atoms with E-state index in [2.05, 4.69) is 34.3 Å². The summed E-state index contributed by atoms with van der Waals surface area (Å²) < 4.78 is 5.23. The molecule has 1 aromatic carbocycles. The van der Waals surface area contributed by atoms with Crippen LogP contribution in [0, 0.1) is 23.7 Å². The van der Waals surface area contributed by atoms with E-state index in [-0.39, 0.29) is 30.4 Å². The molecule has 1 heterocycles. The molecule has 2 amide bonds. The summed E-state index contributed by atoms with van der Waals surface area (Å²) >= 11 is 0. The van der Waals surface area contributed by atoms with Crippen LogP contribution in [0.5, 0.6) is 0 Å². The van der Waals surface area contributed by atoms with E-state index in [9.17, 15) is 9.59 Å². The minimum absolute atomic E-state index is 0.145. The number of nitrogens with zero attached hydrogens (tertiary/aromatic N) is 1. The van der Waals surface area contributed by atoms with E-state index in [1.54, 1.807) is 0 Å². The minimum atomic E-state index is -0.529. The molecule has 5 atom stereocenters. The van der Waals surface area contributed by atoms with Gasteiger partial charge in [-0.3, -0.25) is 4.79 Å². The molecule has 1 aliphatic heterocycles. The number of amides is 2. The third-order valence-corrected chi connectivity index (χ3v) is 6.17. The molecule has 4 heteroatoms. The zero-order valence-corrected chi connectivity index (χ0v) is 18.5. The van der Waals surface area contributed by atoms with Gasteiger partial charge in [0.2, 0.25) is 5.91 Å². The minimum Gasteiger partial charge on any atom is -0.446 e. The third kappa shape index (κ3) is 6.45. The van der Waals surface area contributed by atoms with Gasteiger partial charge in [0.15, 0.2) is 0 Å². The zero-order chi connectivity index (χ0) is 21.4. The van der Waals surface area contributed by atoms with E-state index >= 15 is 0 Å². The number of hydrogen-bond acceptors (Lipinski definition) is 3. The lowest BCUT2D eigenvalue weighted by Crippen LogP contribution is -2.36. The van der Waals surface area contributed by atoms with Crippen molar-refractivity contribution < 1.29 is 14.3 Å². The van der Waals surface area contributed by atoms with Crippen LogP contribution < -0.4 is 0 Å². The van der Waals surface area contributed by atoms with Crippen LogP contribution in [-0.2, 0) is 9.53 Å². The standard InChI is InChI=1S/C25H37NO3/c1-6-11-18(3)14-19(4)15-22(20(5)7-2)16-24(27)26-23(17-29-25(26)28)21-12-9-8-10-13-21/h7-10,12-13,18-20,22-23H,2,6,11,14-17H2,1,3-5H3/t18-,19-,20-,22-,23-/m0/s1. The molecule has 1 fully saturated rings. The van der Waals surface area contributed by atoms with Gasteiger partial charge in [-0.05, 0) is 42.1 Å². The summed E-state index contributed by atoms with van der Waals surface area (Å²) in [4.78, 5) is 26.8. The molecule has 4 nitrogen and oxygen atoms in total. The molecule has 1 aliphatic rings. The van der Waals surface area contributed by atoms with Crippen LogP contribution in [0.25, 0.3) is 0 Å². The molecule has 0 bridgehead atoms. The van der Waals surface area contributed by atoms with Gasteiger partial charge in [-0.2, -0.15) is 0 Å². The van der Waals surface area contributed by atoms with E-state index in [0.29, 0.717) is 18.3 Å². The van der Waals surface area contributed by atoms with Gasteiger partial charge in [-0.25, -0.2) is 9.69 Å². The monoisotopic (exact) mass is 399 g/mol. The maximum Gasteiger partial charge on any atom is 0.417 e. The number of ether oxygens (including phenoxy) is 1. The molecule has 1 aromatic rings. The average molecular weight is 400 g/mol. The summed E-state index contributed by atoms with van der Waals surface area (Å²) in [6.07, 6.45) is 6.32. The molecular weight excluding hydrogens is 362 g/mol. The van der Waals surface area contributed by atoms with Crippen LogP contribution in [0.15, 0.2) is 43.0 Å². The van der Waals surface area contributed by atoms with E-state index in [0.717, 1.165) is 12.0 Å². The molecule has 2 rings (SSSR count). The summed E-state index contributed by atoms with van der Waals surface area (Å²) in [6, 6.07) is 9.31. The molecule has 0 unspecified atom stereocenters. The second-order valence-electron chi connectivity index (χ2n) is 8.80. The van der Waals surface area contributed by atoms with Crippen molar-refractivity contribution in [3.63, 3.8) is 0 Å². The molecule has 1 saturated heterocycles. The summed E-state index contributed by atoms with van der Waals surface area (Å²) in [6.45, 7) is 13.1. The van der Waals surface area contributed by atoms with Crippen molar-refractivity contribution in [2.24, 2.45) is 23.7 Å². The highest BCUT2D eigenvalue weighted by Crippen LogP contribution is 2.33. The fourth-order valence-electron chi connectivity index (χ4n) is 4.53. The zero-order valence-electron chi connectivity index (χ0n) is 18.5. The topological polar surface area (TPSA) is 46.6 Å². The first-order chi connectivity index (χ1) is 13.9. The number of hydrogen-bond donors (Lipinski definition) is 0. The Hall–Kier alpha value is -2.10. The SMILES string of the molecule is C=C[C@H](C)[C@H](CC(=O)N1C(=O)OC[C@H]1c1ccccc1)C[C@@H](C)C[C@@H](C)CCC. The summed E-state index contributed by atoms with van der Waals surface area (Å²) in [5.41, 5.74) is 0.932. The molecular formula is C25H37NO3. The maximum atomic E-state index is 13.2. The van der Waals surface area contributed by atoms with Crippen LogP contribution in [0.2, 0.25) is 0 Å². The van der Waals surface area contributed by atoms with Crippen molar-refractivity contribution in [3.05, 3.63) is 48.6 Å². The molecule has 160 valence electrons. The lowest BCUT2D eigenvalue weighted by atomic mass is 9.80. The second kappa shape index (κ2) is 11.2. The smallest absolute Gasteiger partial charge is 0.417 e. The van der Waals surface area contributed by atoms with Gasteiger partial charge in [-0.1, -0.05) is 76.9 Å². The highest BCUT2D eigenvalue weighted by Gasteiger charge is 2.39. The van der Waals surface area contributed by atoms with Crippen LogP contribution >= 0.6 is 0 Å². The number of rotatable bonds is 11. The lowest BCUT2D eigenvalue weighted by molar-refractivity contribution is -0.130. The first kappa shape index (κ1) is 23.2. The van der Waals surface area contributed by atoms with Crippen LogP contribution in [0.1, 0.15) is 71.4 Å². The quantitative estimate of drug-likeness (QED) is 0.405. The Labute approximate surface area is 176 Å². The Morgan fingerprint density at radius 2 is 1.90 bits per heavy atom. The molecule has 0 saturated carbocycles. The number of imide groups is 1. The van der Waals surface area contributed by atoms with E-state index in [1.165, 1.54) is 24.2 Å². The highest BCUT2D eigenvalue weighted by molar-refractivity contribution is 5.93. The Balaban J connectivity index is 2.08. The number of cyclic esters (lactones) is 1. The molecule has 0 radical (unpaired) electrons. The van der Waals surface area contributed by atoms with Crippen molar-refractivity contribution in [2.75, 3.05) is 6.61 Å². The number of allylic oxidation sites excluding steroid dienone is 1. The first-order valence-corrected chi connectivity index (χ1v) is 11.0. The van der Waals surface area contributed by atoms with Crippen LogP contribution in [0.4, 0.5) is 4.79 Å². The van der Waals surface area contributed by atoms with Crippen LogP contribution in [-0.4, -0.2) is 23.5 Å². The van der Waals surface area contributed by atoms with Gasteiger partial charge in [0.05, 0.1) is 0 Å². The average Bonchev–Trinajstić information content (AvgIpc) is 3.09. The molecule has 0 aromatic heterocycles. The largest absolute Gasteiger partial charge is 0.446 e. The normalized spacial score (nSPS) is 20.6. The summed E-state index contributed by atoms with van der Waals surface area (Å²) in [5.74, 6) is 1.48. The van der Waals surface area contributed by atoms with Gasteiger partial charge in [0, 0.05) is 6.42 Å². The predicted octanol–water partition coefficient (Wildman–Crippen LogP) is 6.39. The van der Waals surface area contributed by atoms with Crippen LogP contribution in [0.3, 0.4) is 0 Å². The maximum absolute atomic E-state index is 13.2. The first-order valence-electron chi connectivity index (χ1n) is 11.0. The molecule has 29 heavy (non-hydrogen) atoms. The number of carbonyl (C=O) groups is 2. The van der Waals surface area contributed by atoms with Crippen molar-refractivity contribution in [2.45, 2.75) is 65.8 Å². The molecule has 0 aliphatic carbocycles. The van der Waals surface area contributed by atoms with Crippen molar-refractivity contribution in [1.29, 1.82) is 0 Å². The van der Waals surface area contributed by atoms with E-state index in [1.807, 2.05) is 36.4 Å². The van der Waals surface area contributed by atoms with Gasteiger partial charge in [-0.15, -0.1) is 6.58 Å². The summed E-state index contributed by atoms with van der Waals surface area (Å²) in [5, 5.41) is 0. The van der Waals surface area contributed by atoms with Crippen molar-refractivity contribution >= 4 is 12.0 Å². The van der Waals surface area contributed by atoms with Crippen molar-refractivity contribution in [1.82, 2.24) is 4.90 Å². The lowest BCUT2D eigenvalue weighted by Gasteiger charge is -2.28. The highest BCUT2D eigenvalue weighted by atomic mass is 16.6. The van der Waals surface area contributed by atoms with Gasteiger partial charge in [0.1, 0.15) is 12.6 Å². The Morgan fingerprint density at radius 3 is 2.52 bits per heavy atom. The van der Waals surface area contributed by atoms with Gasteiger partial charge >= 0.3 is 6.09 Å². The number of carbonyl (C=O) groups excluding carboxylic acids is 2. The second-order valence-corrected chi connectivity index (χ2v) is 8.80. The Kier molecular flexibility index (Phi) is 8.94. The van der Waals surface area contributed by atoms with Gasteiger partial charge < -0.3 is 4.74 Å². The fourth-order valence-corrected chi connectivity index (χ4v) is 4.53. The Bertz CT molecular complexity index is 672. The van der Waals surface area contributed by atoms with Gasteiger partial charge in [0.25, 0.3) is 0 Å². The van der Waals surface area contributed by atoms with E-state index < -0.39 is 6.09 Å². The van der Waals surface area contributed by atoms with Crippen molar-refractivity contribution in [3.8, 4) is 0 Å². The molecule has 0 spiro atoms. The number of benzene rings is 1. The summed E-state index contributed by atoms with van der Waals surface area (Å²) in [7, 11) is 0. The predicted molar refractivity (Wildman–Crippen MR) is 117 cm³/mol. The molecule has 0 N–H and O–H groups in total.